The van der Waals surface area contributed by atoms with E-state index < -0.39 is 66.1 Å². The summed E-state index contributed by atoms with van der Waals surface area (Å²) in [5.41, 5.74) is 16.3. The van der Waals surface area contributed by atoms with Gasteiger partial charge in [0.2, 0.25) is 29.5 Å². The maximum atomic E-state index is 13.0. The lowest BCUT2D eigenvalue weighted by atomic mass is 10.0. The second kappa shape index (κ2) is 14.5. The van der Waals surface area contributed by atoms with Crippen molar-refractivity contribution in [2.75, 3.05) is 5.75 Å². The van der Waals surface area contributed by atoms with Gasteiger partial charge in [0.1, 0.15) is 23.9 Å². The van der Waals surface area contributed by atoms with E-state index in [0.29, 0.717) is 5.56 Å². The number of nitrogens with two attached hydrogens (primary N) is 3. The summed E-state index contributed by atoms with van der Waals surface area (Å²) < 4.78 is 0. The van der Waals surface area contributed by atoms with Crippen LogP contribution in [0.15, 0.2) is 24.3 Å². The molecule has 1 rings (SSSR count). The largest absolute Gasteiger partial charge is 0.508 e. The number of primary amides is 2. The second-order valence-corrected chi connectivity index (χ2v) is 8.22. The van der Waals surface area contributed by atoms with Crippen LogP contribution in [-0.4, -0.2) is 75.6 Å². The third-order valence-corrected chi connectivity index (χ3v) is 5.24. The van der Waals surface area contributed by atoms with Gasteiger partial charge in [-0.05, 0) is 24.1 Å². The first-order valence-corrected chi connectivity index (χ1v) is 11.3. The Morgan fingerprint density at radius 1 is 0.833 bits per heavy atom. The van der Waals surface area contributed by atoms with Gasteiger partial charge in [0.25, 0.3) is 0 Å². The minimum Gasteiger partial charge on any atom is -0.508 e. The zero-order chi connectivity index (χ0) is 27.4. The first-order chi connectivity index (χ1) is 16.8. The third-order valence-electron chi connectivity index (χ3n) is 4.88. The Labute approximate surface area is 211 Å². The molecule has 15 heteroatoms. The summed E-state index contributed by atoms with van der Waals surface area (Å²) in [6.45, 7) is 0. The van der Waals surface area contributed by atoms with E-state index in [0.717, 1.165) is 0 Å². The van der Waals surface area contributed by atoms with Crippen molar-refractivity contribution in [1.29, 1.82) is 0 Å². The lowest BCUT2D eigenvalue weighted by molar-refractivity contribution is -0.141. The van der Waals surface area contributed by atoms with E-state index in [9.17, 15) is 39.0 Å². The van der Waals surface area contributed by atoms with Gasteiger partial charge in [0.05, 0.1) is 12.5 Å². The predicted octanol–water partition coefficient (Wildman–Crippen LogP) is -3.13. The number of carbonyl (C=O) groups excluding carboxylic acids is 5. The summed E-state index contributed by atoms with van der Waals surface area (Å²) in [7, 11) is 0. The van der Waals surface area contributed by atoms with E-state index >= 15 is 0 Å². The number of rotatable bonds is 15. The molecule has 0 radical (unpaired) electrons. The minimum atomic E-state index is -1.38. The van der Waals surface area contributed by atoms with Crippen LogP contribution >= 0.6 is 12.6 Å². The van der Waals surface area contributed by atoms with Crippen molar-refractivity contribution in [2.24, 2.45) is 17.2 Å². The van der Waals surface area contributed by atoms with E-state index in [4.69, 9.17) is 17.2 Å². The Kier molecular flexibility index (Phi) is 12.2. The molecule has 198 valence electrons. The molecule has 1 aromatic rings. The molecule has 0 aliphatic carbocycles. The summed E-state index contributed by atoms with van der Waals surface area (Å²) in [6.07, 6.45) is -1.17. The number of amides is 5. The molecule has 4 unspecified atom stereocenters. The van der Waals surface area contributed by atoms with Crippen LogP contribution in [0.4, 0.5) is 0 Å². The van der Waals surface area contributed by atoms with E-state index in [1.807, 2.05) is 0 Å². The Bertz CT molecular complexity index is 974. The standard InChI is InChI=1S/C21H30N6O8S/c22-12(8-17(24)30)18(31)25-13(5-6-16(23)29)19(32)26-14(7-10-1-3-11(28)4-2-10)20(33)27-15(9-36)21(34)35/h1-4,12-15,28,36H,5-9,22H2,(H2,23,29)(H2,24,30)(H,25,31)(H,26,32)(H,27,33)(H,34,35). The number of phenolic OH excluding ortho intramolecular Hbond substituents is 1. The van der Waals surface area contributed by atoms with Crippen molar-refractivity contribution in [3.8, 4) is 5.75 Å². The van der Waals surface area contributed by atoms with Crippen LogP contribution in [0.2, 0.25) is 0 Å². The van der Waals surface area contributed by atoms with Gasteiger partial charge in [-0.1, -0.05) is 12.1 Å². The molecule has 4 atom stereocenters. The van der Waals surface area contributed by atoms with E-state index in [1.54, 1.807) is 0 Å². The number of thiol groups is 1. The summed E-state index contributed by atoms with van der Waals surface area (Å²) in [5, 5.41) is 25.7. The number of hydrogen-bond donors (Lipinski definition) is 9. The molecule has 0 aromatic heterocycles. The van der Waals surface area contributed by atoms with Crippen LogP contribution in [-0.2, 0) is 35.2 Å². The molecule has 0 heterocycles. The molecule has 0 fully saturated rings. The van der Waals surface area contributed by atoms with Gasteiger partial charge in [0, 0.05) is 18.6 Å². The van der Waals surface area contributed by atoms with Crippen LogP contribution in [0.25, 0.3) is 0 Å². The number of phenols is 1. The van der Waals surface area contributed by atoms with Gasteiger partial charge >= 0.3 is 5.97 Å². The first kappa shape index (κ1) is 30.2. The van der Waals surface area contributed by atoms with Crippen LogP contribution in [0.5, 0.6) is 5.75 Å². The monoisotopic (exact) mass is 526 g/mol. The highest BCUT2D eigenvalue weighted by atomic mass is 32.1. The molecule has 0 bridgehead atoms. The van der Waals surface area contributed by atoms with Gasteiger partial charge in [-0.15, -0.1) is 0 Å². The number of nitrogens with one attached hydrogen (secondary N) is 3. The van der Waals surface area contributed by atoms with Gasteiger partial charge in [-0.3, -0.25) is 24.0 Å². The van der Waals surface area contributed by atoms with Gasteiger partial charge in [0.15, 0.2) is 0 Å². The lowest BCUT2D eigenvalue weighted by Gasteiger charge is -2.25. The highest BCUT2D eigenvalue weighted by molar-refractivity contribution is 7.80. The quantitative estimate of drug-likeness (QED) is 0.105. The molecule has 5 amide bonds. The topological polar surface area (TPSA) is 257 Å². The molecular weight excluding hydrogens is 496 g/mol. The highest BCUT2D eigenvalue weighted by Crippen LogP contribution is 2.12. The van der Waals surface area contributed by atoms with Crippen molar-refractivity contribution in [1.82, 2.24) is 16.0 Å². The van der Waals surface area contributed by atoms with E-state index in [2.05, 4.69) is 28.6 Å². The predicted molar refractivity (Wildman–Crippen MR) is 129 cm³/mol. The summed E-state index contributed by atoms with van der Waals surface area (Å²) >= 11 is 3.89. The normalized spacial score (nSPS) is 13.9. The molecule has 0 saturated heterocycles. The van der Waals surface area contributed by atoms with Crippen molar-refractivity contribution >= 4 is 48.1 Å². The number of hydrogen-bond acceptors (Lipinski definition) is 9. The average Bonchev–Trinajstić information content (AvgIpc) is 2.79. The molecule has 36 heavy (non-hydrogen) atoms. The number of aliphatic carboxylic acids is 1. The molecule has 11 N–H and O–H groups in total. The van der Waals surface area contributed by atoms with Crippen molar-refractivity contribution in [3.05, 3.63) is 29.8 Å². The third kappa shape index (κ3) is 10.6. The Morgan fingerprint density at radius 2 is 1.36 bits per heavy atom. The molecule has 0 spiro atoms. The lowest BCUT2D eigenvalue weighted by Crippen LogP contribution is -2.58. The zero-order valence-electron chi connectivity index (χ0n) is 19.2. The minimum absolute atomic E-state index is 0.0358. The molecule has 1 aromatic carbocycles. The SMILES string of the molecule is NC(=O)CCC(NC(=O)C(N)CC(N)=O)C(=O)NC(Cc1ccc(O)cc1)C(=O)NC(CS)C(=O)O. The van der Waals surface area contributed by atoms with Crippen LogP contribution in [0, 0.1) is 0 Å². The van der Waals surface area contributed by atoms with Gasteiger partial charge in [-0.2, -0.15) is 12.6 Å². The van der Waals surface area contributed by atoms with Crippen LogP contribution in [0.1, 0.15) is 24.8 Å². The molecular formula is C21H30N6O8S. The van der Waals surface area contributed by atoms with Crippen molar-refractivity contribution in [3.63, 3.8) is 0 Å². The molecule has 0 saturated carbocycles. The Hall–Kier alpha value is -3.85. The fraction of sp³-hybridized carbons (Fsp3) is 0.429. The number of carbonyl (C=O) groups is 6. The van der Waals surface area contributed by atoms with Crippen LogP contribution < -0.4 is 33.2 Å². The zero-order valence-corrected chi connectivity index (χ0v) is 20.1. The van der Waals surface area contributed by atoms with E-state index in [-0.39, 0.29) is 30.8 Å². The van der Waals surface area contributed by atoms with Crippen LogP contribution in [0.3, 0.4) is 0 Å². The first-order valence-electron chi connectivity index (χ1n) is 10.7. The fourth-order valence-electron chi connectivity index (χ4n) is 2.95. The molecule has 14 nitrogen and oxygen atoms in total. The average molecular weight is 527 g/mol. The maximum Gasteiger partial charge on any atom is 0.327 e. The van der Waals surface area contributed by atoms with Gasteiger partial charge < -0.3 is 43.4 Å². The van der Waals surface area contributed by atoms with E-state index in [1.165, 1.54) is 24.3 Å². The molecule has 0 aliphatic rings. The Morgan fingerprint density at radius 3 is 1.86 bits per heavy atom. The highest BCUT2D eigenvalue weighted by Gasteiger charge is 2.30. The smallest absolute Gasteiger partial charge is 0.327 e. The van der Waals surface area contributed by atoms with Crippen molar-refractivity contribution < 1.29 is 39.0 Å². The summed E-state index contributed by atoms with van der Waals surface area (Å²) in [6, 6.07) is 0.280. The van der Waals surface area contributed by atoms with Gasteiger partial charge in [-0.25, -0.2) is 4.79 Å². The summed E-state index contributed by atoms with van der Waals surface area (Å²) in [4.78, 5) is 71.8. The fourth-order valence-corrected chi connectivity index (χ4v) is 3.20. The summed E-state index contributed by atoms with van der Waals surface area (Å²) in [5.74, 6) is -5.88. The maximum absolute atomic E-state index is 13.0. The molecule has 0 aliphatic heterocycles. The number of benzene rings is 1. The number of aromatic hydroxyl groups is 1. The second-order valence-electron chi connectivity index (χ2n) is 7.86. The number of carboxylic acids is 1. The van der Waals surface area contributed by atoms with Crippen molar-refractivity contribution in [2.45, 2.75) is 49.9 Å². The Balaban J connectivity index is 3.14. The number of carboxylic acid groups (broad SMARTS) is 1.